The van der Waals surface area contributed by atoms with Gasteiger partial charge >= 0.3 is 0 Å². The van der Waals surface area contributed by atoms with Crippen LogP contribution in [0.15, 0.2) is 24.3 Å². The van der Waals surface area contributed by atoms with E-state index >= 15 is 0 Å². The van der Waals surface area contributed by atoms with Gasteiger partial charge in [0.2, 0.25) is 5.91 Å². The number of Topliss-reactive ketones (excluding diaryl/α,β-unsaturated/α-hetero) is 1. The molecule has 1 amide bonds. The molecule has 2 atom stereocenters. The first-order valence-corrected chi connectivity index (χ1v) is 6.48. The quantitative estimate of drug-likeness (QED) is 0.887. The molecule has 0 saturated heterocycles. The summed E-state index contributed by atoms with van der Waals surface area (Å²) in [6.45, 7) is 3.23. The molecule has 0 radical (unpaired) electrons. The molecule has 0 spiro atoms. The van der Waals surface area contributed by atoms with Crippen LogP contribution >= 0.6 is 0 Å². The number of ketones is 1. The van der Waals surface area contributed by atoms with E-state index in [-0.39, 0.29) is 17.6 Å². The number of hydrogen-bond donors (Lipinski definition) is 1. The molecule has 1 aliphatic carbocycles. The lowest BCUT2D eigenvalue weighted by Crippen LogP contribution is -2.40. The highest BCUT2D eigenvalue weighted by Gasteiger charge is 2.27. The van der Waals surface area contributed by atoms with Gasteiger partial charge in [0.25, 0.3) is 0 Å². The Kier molecular flexibility index (Phi) is 3.80. The van der Waals surface area contributed by atoms with Gasteiger partial charge in [-0.05, 0) is 44.2 Å². The number of fused-ring (bicyclic) bond motifs is 1. The lowest BCUT2D eigenvalue weighted by molar-refractivity contribution is -0.127. The van der Waals surface area contributed by atoms with Crippen molar-refractivity contribution in [3.05, 3.63) is 35.4 Å². The lowest BCUT2D eigenvalue weighted by Gasteiger charge is -2.25. The third kappa shape index (κ3) is 2.61. The molecule has 0 saturated carbocycles. The van der Waals surface area contributed by atoms with E-state index in [0.29, 0.717) is 0 Å². The number of benzene rings is 1. The fraction of sp³-hybridized carbons (Fsp3) is 0.467. The first-order chi connectivity index (χ1) is 8.59. The van der Waals surface area contributed by atoms with Gasteiger partial charge in [-0.1, -0.05) is 24.3 Å². The van der Waals surface area contributed by atoms with Gasteiger partial charge < -0.3 is 5.32 Å². The first-order valence-electron chi connectivity index (χ1n) is 6.48. The van der Waals surface area contributed by atoms with E-state index in [4.69, 9.17) is 0 Å². The van der Waals surface area contributed by atoms with Gasteiger partial charge in [0.1, 0.15) is 0 Å². The topological polar surface area (TPSA) is 46.2 Å². The van der Waals surface area contributed by atoms with E-state index in [1.807, 2.05) is 18.2 Å². The van der Waals surface area contributed by atoms with Crippen molar-refractivity contribution < 1.29 is 9.59 Å². The molecule has 1 aromatic rings. The fourth-order valence-electron chi connectivity index (χ4n) is 2.44. The molecule has 2 rings (SSSR count). The van der Waals surface area contributed by atoms with Crippen LogP contribution in [0.3, 0.4) is 0 Å². The van der Waals surface area contributed by atoms with Crippen LogP contribution in [-0.2, 0) is 16.0 Å². The van der Waals surface area contributed by atoms with Crippen molar-refractivity contribution in [2.75, 3.05) is 0 Å². The van der Waals surface area contributed by atoms with Crippen molar-refractivity contribution in [1.29, 1.82) is 0 Å². The van der Waals surface area contributed by atoms with Crippen LogP contribution in [0, 0.1) is 0 Å². The highest BCUT2D eigenvalue weighted by Crippen LogP contribution is 2.31. The standard InChI is InChI=1S/C15H19NO2/c1-10(11(2)17)16-15(18)14-9-5-7-12-6-3-4-8-13(12)14/h3-4,6,8,10,14H,5,7,9H2,1-2H3,(H,16,18). The Morgan fingerprint density at radius 1 is 1.33 bits per heavy atom. The van der Waals surface area contributed by atoms with Gasteiger partial charge in [0.05, 0.1) is 12.0 Å². The predicted molar refractivity (Wildman–Crippen MR) is 70.4 cm³/mol. The molecular formula is C15H19NO2. The maximum Gasteiger partial charge on any atom is 0.228 e. The van der Waals surface area contributed by atoms with Crippen LogP contribution < -0.4 is 5.32 Å². The zero-order valence-corrected chi connectivity index (χ0v) is 10.9. The third-order valence-electron chi connectivity index (χ3n) is 3.65. The fourth-order valence-corrected chi connectivity index (χ4v) is 2.44. The van der Waals surface area contributed by atoms with E-state index in [1.54, 1.807) is 6.92 Å². The van der Waals surface area contributed by atoms with Gasteiger partial charge in [-0.15, -0.1) is 0 Å². The molecule has 3 heteroatoms. The van der Waals surface area contributed by atoms with E-state index in [9.17, 15) is 9.59 Å². The molecule has 0 aromatic heterocycles. The summed E-state index contributed by atoms with van der Waals surface area (Å²) in [7, 11) is 0. The van der Waals surface area contributed by atoms with E-state index in [2.05, 4.69) is 11.4 Å². The summed E-state index contributed by atoms with van der Waals surface area (Å²) in [4.78, 5) is 23.4. The number of aryl methyl sites for hydroxylation is 1. The minimum absolute atomic E-state index is 0.00700. The van der Waals surface area contributed by atoms with Crippen molar-refractivity contribution in [1.82, 2.24) is 5.32 Å². The van der Waals surface area contributed by atoms with Crippen molar-refractivity contribution in [2.45, 2.75) is 45.1 Å². The molecule has 1 aliphatic rings. The summed E-state index contributed by atoms with van der Waals surface area (Å²) in [5.41, 5.74) is 2.39. The maximum absolute atomic E-state index is 12.2. The Morgan fingerprint density at radius 3 is 2.78 bits per heavy atom. The van der Waals surface area contributed by atoms with Crippen LogP contribution in [0.5, 0.6) is 0 Å². The Morgan fingerprint density at radius 2 is 2.06 bits per heavy atom. The SMILES string of the molecule is CC(=O)C(C)NC(=O)C1CCCc2ccccc21. The summed E-state index contributed by atoms with van der Waals surface area (Å²) in [6.07, 6.45) is 2.94. The van der Waals surface area contributed by atoms with Gasteiger partial charge in [0.15, 0.2) is 5.78 Å². The molecule has 0 bridgehead atoms. The smallest absolute Gasteiger partial charge is 0.228 e. The van der Waals surface area contributed by atoms with Crippen molar-refractivity contribution in [3.63, 3.8) is 0 Å². The zero-order chi connectivity index (χ0) is 13.1. The molecule has 3 nitrogen and oxygen atoms in total. The average molecular weight is 245 g/mol. The van der Waals surface area contributed by atoms with Crippen LogP contribution in [0.4, 0.5) is 0 Å². The summed E-state index contributed by atoms with van der Waals surface area (Å²) >= 11 is 0. The average Bonchev–Trinajstić information content (AvgIpc) is 2.37. The highest BCUT2D eigenvalue weighted by atomic mass is 16.2. The molecule has 0 fully saturated rings. The van der Waals surface area contributed by atoms with Gasteiger partial charge in [0, 0.05) is 0 Å². The maximum atomic E-state index is 12.2. The van der Waals surface area contributed by atoms with Gasteiger partial charge in [-0.2, -0.15) is 0 Å². The summed E-state index contributed by atoms with van der Waals surface area (Å²) < 4.78 is 0. The molecular weight excluding hydrogens is 226 g/mol. The third-order valence-corrected chi connectivity index (χ3v) is 3.65. The molecule has 2 unspecified atom stereocenters. The van der Waals surface area contributed by atoms with Crippen LogP contribution in [0.2, 0.25) is 0 Å². The minimum Gasteiger partial charge on any atom is -0.346 e. The lowest BCUT2D eigenvalue weighted by atomic mass is 9.82. The molecule has 0 heterocycles. The molecule has 1 N–H and O–H groups in total. The Hall–Kier alpha value is -1.64. The number of amides is 1. The van der Waals surface area contributed by atoms with Crippen molar-refractivity contribution in [2.24, 2.45) is 0 Å². The monoisotopic (exact) mass is 245 g/mol. The Bertz CT molecular complexity index is 467. The van der Waals surface area contributed by atoms with Crippen LogP contribution in [0.1, 0.15) is 43.7 Å². The van der Waals surface area contributed by atoms with Gasteiger partial charge in [-0.3, -0.25) is 9.59 Å². The first kappa shape index (κ1) is 12.8. The number of carbonyl (C=O) groups excluding carboxylic acids is 2. The number of nitrogens with one attached hydrogen (secondary N) is 1. The van der Waals surface area contributed by atoms with E-state index in [1.165, 1.54) is 12.5 Å². The minimum atomic E-state index is -0.397. The second kappa shape index (κ2) is 5.34. The number of rotatable bonds is 3. The van der Waals surface area contributed by atoms with E-state index in [0.717, 1.165) is 24.8 Å². The number of carbonyl (C=O) groups is 2. The molecule has 18 heavy (non-hydrogen) atoms. The van der Waals surface area contributed by atoms with Gasteiger partial charge in [-0.25, -0.2) is 0 Å². The highest BCUT2D eigenvalue weighted by molar-refractivity contribution is 5.90. The van der Waals surface area contributed by atoms with Crippen LogP contribution in [0.25, 0.3) is 0 Å². The Labute approximate surface area is 108 Å². The number of hydrogen-bond acceptors (Lipinski definition) is 2. The molecule has 1 aromatic carbocycles. The Balaban J connectivity index is 2.15. The van der Waals surface area contributed by atoms with Crippen molar-refractivity contribution >= 4 is 11.7 Å². The largest absolute Gasteiger partial charge is 0.346 e. The summed E-state index contributed by atoms with van der Waals surface area (Å²) in [5.74, 6) is -0.131. The normalized spacial score (nSPS) is 19.8. The second-order valence-electron chi connectivity index (χ2n) is 4.98. The second-order valence-corrected chi connectivity index (χ2v) is 4.98. The zero-order valence-electron chi connectivity index (χ0n) is 10.9. The van der Waals surface area contributed by atoms with E-state index < -0.39 is 6.04 Å². The summed E-state index contributed by atoms with van der Waals surface area (Å²) in [6, 6.07) is 7.70. The molecule has 0 aliphatic heterocycles. The van der Waals surface area contributed by atoms with Crippen molar-refractivity contribution in [3.8, 4) is 0 Å². The van der Waals surface area contributed by atoms with Crippen LogP contribution in [-0.4, -0.2) is 17.7 Å². The summed E-state index contributed by atoms with van der Waals surface area (Å²) in [5, 5.41) is 2.80. The molecule has 96 valence electrons. The predicted octanol–water partition coefficient (Wildman–Crippen LogP) is 2.20.